The summed E-state index contributed by atoms with van der Waals surface area (Å²) in [6.45, 7) is 10.5. The lowest BCUT2D eigenvalue weighted by molar-refractivity contribution is -0.148. The van der Waals surface area contributed by atoms with Gasteiger partial charge in [0.1, 0.15) is 0 Å². The Kier molecular flexibility index (Phi) is 4.81. The molecule has 1 heterocycles. The molecule has 102 valence electrons. The third-order valence-corrected chi connectivity index (χ3v) is 3.38. The topological polar surface area (TPSA) is 40.5 Å². The summed E-state index contributed by atoms with van der Waals surface area (Å²) in [6.07, 6.45) is 2.45. The molecule has 1 atom stereocenters. The Bertz CT molecular complexity index is 359. The fourth-order valence-corrected chi connectivity index (χ4v) is 2.47. The lowest BCUT2D eigenvalue weighted by Crippen LogP contribution is -2.34. The molecule has 1 saturated heterocycles. The normalized spacial score (nSPS) is 24.7. The maximum atomic E-state index is 11.4. The van der Waals surface area contributed by atoms with Crippen molar-refractivity contribution in [3.63, 3.8) is 0 Å². The van der Waals surface area contributed by atoms with Crippen molar-refractivity contribution in [3.8, 4) is 11.8 Å². The van der Waals surface area contributed by atoms with Crippen molar-refractivity contribution in [1.29, 1.82) is 0 Å². The van der Waals surface area contributed by atoms with Gasteiger partial charge in [0, 0.05) is 18.5 Å². The highest BCUT2D eigenvalue weighted by molar-refractivity contribution is 5.75. The summed E-state index contributed by atoms with van der Waals surface area (Å²) in [6, 6.07) is 0. The molecule has 1 fully saturated rings. The van der Waals surface area contributed by atoms with Crippen molar-refractivity contribution >= 4 is 5.97 Å². The van der Waals surface area contributed by atoms with E-state index in [1.807, 2.05) is 6.92 Å². The molecule has 0 aliphatic carbocycles. The van der Waals surface area contributed by atoms with Gasteiger partial charge >= 0.3 is 5.97 Å². The zero-order valence-electron chi connectivity index (χ0n) is 12.0. The average Bonchev–Trinajstić information content (AvgIpc) is 2.61. The maximum absolute atomic E-state index is 11.4. The second-order valence-corrected chi connectivity index (χ2v) is 6.35. The van der Waals surface area contributed by atoms with Crippen LogP contribution in [0.2, 0.25) is 0 Å². The second-order valence-electron chi connectivity index (χ2n) is 6.35. The number of carboxylic acids is 1. The predicted octanol–water partition coefficient (Wildman–Crippen LogP) is 2.61. The molecule has 1 N–H and O–H groups in total. The van der Waals surface area contributed by atoms with E-state index >= 15 is 0 Å². The zero-order chi connectivity index (χ0) is 13.8. The van der Waals surface area contributed by atoms with Crippen LogP contribution in [-0.2, 0) is 4.79 Å². The van der Waals surface area contributed by atoms with Crippen molar-refractivity contribution in [2.45, 2.75) is 47.0 Å². The van der Waals surface area contributed by atoms with Crippen LogP contribution in [0.3, 0.4) is 0 Å². The molecule has 18 heavy (non-hydrogen) atoms. The quantitative estimate of drug-likeness (QED) is 0.781. The Morgan fingerprint density at radius 3 is 2.61 bits per heavy atom. The summed E-state index contributed by atoms with van der Waals surface area (Å²) in [5, 5.41) is 9.40. The van der Waals surface area contributed by atoms with E-state index < -0.39 is 11.4 Å². The van der Waals surface area contributed by atoms with Crippen LogP contribution in [0.1, 0.15) is 47.0 Å². The standard InChI is InChI=1S/C15H25NO2/c1-5-7-15(13(17)18)9-11-16(12-15)10-6-8-14(2,3)4/h5,7,9-12H2,1-4H3,(H,17,18). The smallest absolute Gasteiger partial charge is 0.310 e. The molecule has 1 aliphatic rings. The van der Waals surface area contributed by atoms with Gasteiger partial charge in [0.2, 0.25) is 0 Å². The number of likely N-dealkylation sites (tertiary alicyclic amines) is 1. The van der Waals surface area contributed by atoms with Gasteiger partial charge in [-0.25, -0.2) is 0 Å². The van der Waals surface area contributed by atoms with Gasteiger partial charge in [0.05, 0.1) is 12.0 Å². The number of carboxylic acid groups (broad SMARTS) is 1. The van der Waals surface area contributed by atoms with Gasteiger partial charge in [-0.15, -0.1) is 0 Å². The van der Waals surface area contributed by atoms with Gasteiger partial charge in [-0.05, 0) is 33.6 Å². The first-order chi connectivity index (χ1) is 8.29. The number of hydrogen-bond acceptors (Lipinski definition) is 2. The van der Waals surface area contributed by atoms with E-state index in [1.165, 1.54) is 0 Å². The van der Waals surface area contributed by atoms with Crippen molar-refractivity contribution in [3.05, 3.63) is 0 Å². The molecule has 1 aliphatic heterocycles. The fourth-order valence-electron chi connectivity index (χ4n) is 2.47. The molecular formula is C15H25NO2. The molecule has 3 nitrogen and oxygen atoms in total. The summed E-state index contributed by atoms with van der Waals surface area (Å²) in [7, 11) is 0. The monoisotopic (exact) mass is 251 g/mol. The molecule has 1 unspecified atom stereocenters. The minimum atomic E-state index is -0.643. The number of hydrogen-bond donors (Lipinski definition) is 1. The number of carbonyl (C=O) groups is 1. The molecule has 0 aromatic heterocycles. The number of nitrogens with zero attached hydrogens (tertiary/aromatic N) is 1. The van der Waals surface area contributed by atoms with Crippen molar-refractivity contribution in [1.82, 2.24) is 4.90 Å². The van der Waals surface area contributed by atoms with Crippen LogP contribution in [0.25, 0.3) is 0 Å². The SMILES string of the molecule is CCCC1(C(=O)O)CCN(CC#CC(C)(C)C)C1. The van der Waals surface area contributed by atoms with E-state index in [4.69, 9.17) is 0 Å². The summed E-state index contributed by atoms with van der Waals surface area (Å²) in [5.41, 5.74) is -0.509. The molecule has 0 amide bonds. The van der Waals surface area contributed by atoms with Gasteiger partial charge < -0.3 is 5.11 Å². The Hall–Kier alpha value is -1.01. The molecule has 1 rings (SSSR count). The van der Waals surface area contributed by atoms with Crippen LogP contribution < -0.4 is 0 Å². The summed E-state index contributed by atoms with van der Waals surface area (Å²) in [4.78, 5) is 13.6. The Labute approximate surface area is 111 Å². The lowest BCUT2D eigenvalue weighted by Gasteiger charge is -2.23. The van der Waals surface area contributed by atoms with Crippen LogP contribution in [0, 0.1) is 22.7 Å². The molecule has 3 heteroatoms. The Balaban J connectivity index is 2.59. The highest BCUT2D eigenvalue weighted by Crippen LogP contribution is 2.35. The third kappa shape index (κ3) is 4.03. The predicted molar refractivity (Wildman–Crippen MR) is 73.3 cm³/mol. The molecule has 0 aromatic rings. The molecule has 0 saturated carbocycles. The van der Waals surface area contributed by atoms with E-state index in [1.54, 1.807) is 0 Å². The average molecular weight is 251 g/mol. The van der Waals surface area contributed by atoms with Crippen molar-refractivity contribution in [2.24, 2.45) is 10.8 Å². The molecular weight excluding hydrogens is 226 g/mol. The van der Waals surface area contributed by atoms with Gasteiger partial charge in [-0.3, -0.25) is 9.69 Å². The van der Waals surface area contributed by atoms with Crippen LogP contribution in [0.5, 0.6) is 0 Å². The van der Waals surface area contributed by atoms with E-state index in [9.17, 15) is 9.90 Å². The minimum Gasteiger partial charge on any atom is -0.481 e. The van der Waals surface area contributed by atoms with Crippen molar-refractivity contribution < 1.29 is 9.90 Å². The fraction of sp³-hybridized carbons (Fsp3) is 0.800. The molecule has 0 aromatic carbocycles. The van der Waals surface area contributed by atoms with Crippen LogP contribution >= 0.6 is 0 Å². The lowest BCUT2D eigenvalue weighted by atomic mass is 9.83. The van der Waals surface area contributed by atoms with Crippen molar-refractivity contribution in [2.75, 3.05) is 19.6 Å². The number of rotatable bonds is 4. The highest BCUT2D eigenvalue weighted by Gasteiger charge is 2.43. The first kappa shape index (κ1) is 15.0. The summed E-state index contributed by atoms with van der Waals surface area (Å²) < 4.78 is 0. The molecule has 0 radical (unpaired) electrons. The third-order valence-electron chi connectivity index (χ3n) is 3.38. The zero-order valence-corrected chi connectivity index (χ0v) is 12.0. The van der Waals surface area contributed by atoms with Crippen LogP contribution in [-0.4, -0.2) is 35.6 Å². The molecule has 0 bridgehead atoms. The van der Waals surface area contributed by atoms with E-state index in [-0.39, 0.29) is 5.41 Å². The van der Waals surface area contributed by atoms with E-state index in [0.29, 0.717) is 13.1 Å². The van der Waals surface area contributed by atoms with Gasteiger partial charge in [-0.1, -0.05) is 25.2 Å². The second kappa shape index (κ2) is 5.75. The molecule has 0 spiro atoms. The Morgan fingerprint density at radius 2 is 2.11 bits per heavy atom. The highest BCUT2D eigenvalue weighted by atomic mass is 16.4. The largest absolute Gasteiger partial charge is 0.481 e. The van der Waals surface area contributed by atoms with Gasteiger partial charge in [0.25, 0.3) is 0 Å². The number of aliphatic carboxylic acids is 1. The van der Waals surface area contributed by atoms with E-state index in [0.717, 1.165) is 25.8 Å². The first-order valence-electron chi connectivity index (χ1n) is 6.75. The van der Waals surface area contributed by atoms with Gasteiger partial charge in [0.15, 0.2) is 0 Å². The summed E-state index contributed by atoms with van der Waals surface area (Å²) >= 11 is 0. The van der Waals surface area contributed by atoms with Gasteiger partial charge in [-0.2, -0.15) is 0 Å². The minimum absolute atomic E-state index is 0.0209. The van der Waals surface area contributed by atoms with Crippen LogP contribution in [0.4, 0.5) is 0 Å². The maximum Gasteiger partial charge on any atom is 0.310 e. The first-order valence-corrected chi connectivity index (χ1v) is 6.75. The van der Waals surface area contributed by atoms with E-state index in [2.05, 4.69) is 37.5 Å². The van der Waals surface area contributed by atoms with Crippen LogP contribution in [0.15, 0.2) is 0 Å². The summed E-state index contributed by atoms with van der Waals surface area (Å²) in [5.74, 6) is 5.72. The Morgan fingerprint density at radius 1 is 1.44 bits per heavy atom.